The lowest BCUT2D eigenvalue weighted by Gasteiger charge is -2.32. The minimum Gasteiger partial charge on any atom is -0.369 e. The van der Waals surface area contributed by atoms with Gasteiger partial charge in [0.05, 0.1) is 24.8 Å². The van der Waals surface area contributed by atoms with E-state index in [9.17, 15) is 0 Å². The van der Waals surface area contributed by atoms with Crippen LogP contribution in [-0.2, 0) is 17.7 Å². The molecular formula is C16H19N3O. The molecule has 4 nitrogen and oxygen atoms in total. The molecule has 4 rings (SSSR count). The van der Waals surface area contributed by atoms with E-state index < -0.39 is 0 Å². The van der Waals surface area contributed by atoms with Gasteiger partial charge in [0.2, 0.25) is 0 Å². The Bertz CT molecular complexity index is 601. The monoisotopic (exact) mass is 269 g/mol. The van der Waals surface area contributed by atoms with Crippen LogP contribution in [-0.4, -0.2) is 29.2 Å². The Morgan fingerprint density at radius 2 is 2.30 bits per heavy atom. The minimum absolute atomic E-state index is 0.140. The zero-order valence-electron chi connectivity index (χ0n) is 11.5. The molecule has 1 aromatic carbocycles. The predicted octanol–water partition coefficient (Wildman–Crippen LogP) is 1.88. The van der Waals surface area contributed by atoms with Crippen LogP contribution in [0.3, 0.4) is 0 Å². The van der Waals surface area contributed by atoms with Crippen molar-refractivity contribution in [2.75, 3.05) is 19.7 Å². The average Bonchev–Trinajstić information content (AvgIpc) is 2.94. The quantitative estimate of drug-likeness (QED) is 0.925. The SMILES string of the molecule is c1ccc2c(c1)CC2Cn1cncc1C1CNCCO1. The second-order valence-electron chi connectivity index (χ2n) is 5.63. The van der Waals surface area contributed by atoms with Gasteiger partial charge >= 0.3 is 0 Å². The lowest BCUT2D eigenvalue weighted by molar-refractivity contribution is 0.0225. The standard InChI is InChI=1S/C16H19N3O/c1-2-4-14-12(3-1)7-13(14)10-19-11-18-8-15(19)16-9-17-5-6-20-16/h1-4,8,11,13,16-17H,5-7,9-10H2. The van der Waals surface area contributed by atoms with Crippen molar-refractivity contribution < 1.29 is 4.74 Å². The molecule has 2 unspecified atom stereocenters. The van der Waals surface area contributed by atoms with E-state index in [1.165, 1.54) is 23.2 Å². The van der Waals surface area contributed by atoms with Crippen molar-refractivity contribution in [2.45, 2.75) is 25.0 Å². The summed E-state index contributed by atoms with van der Waals surface area (Å²) in [5.74, 6) is 0.621. The molecule has 1 aliphatic heterocycles. The topological polar surface area (TPSA) is 39.1 Å². The molecule has 2 heterocycles. The van der Waals surface area contributed by atoms with Gasteiger partial charge < -0.3 is 14.6 Å². The van der Waals surface area contributed by atoms with Crippen molar-refractivity contribution in [3.05, 3.63) is 53.6 Å². The lowest BCUT2D eigenvalue weighted by Crippen LogP contribution is -2.34. The molecule has 1 aliphatic carbocycles. The Balaban J connectivity index is 1.52. The highest BCUT2D eigenvalue weighted by Gasteiger charge is 2.27. The Hall–Kier alpha value is -1.65. The molecule has 2 atom stereocenters. The Kier molecular flexibility index (Phi) is 3.05. The van der Waals surface area contributed by atoms with Crippen molar-refractivity contribution in [2.24, 2.45) is 0 Å². The number of ether oxygens (including phenoxy) is 1. The zero-order valence-corrected chi connectivity index (χ0v) is 11.5. The van der Waals surface area contributed by atoms with Crippen LogP contribution in [0.4, 0.5) is 0 Å². The van der Waals surface area contributed by atoms with Crippen LogP contribution in [0.25, 0.3) is 0 Å². The smallest absolute Gasteiger partial charge is 0.111 e. The summed E-state index contributed by atoms with van der Waals surface area (Å²) in [5, 5.41) is 3.38. The van der Waals surface area contributed by atoms with Crippen molar-refractivity contribution in [1.82, 2.24) is 14.9 Å². The number of hydrogen-bond acceptors (Lipinski definition) is 3. The third-order valence-electron chi connectivity index (χ3n) is 4.38. The van der Waals surface area contributed by atoms with Gasteiger partial charge in [0, 0.05) is 25.6 Å². The molecule has 104 valence electrons. The van der Waals surface area contributed by atoms with Crippen molar-refractivity contribution in [3.8, 4) is 0 Å². The zero-order chi connectivity index (χ0) is 13.4. The molecular weight excluding hydrogens is 250 g/mol. The van der Waals surface area contributed by atoms with E-state index >= 15 is 0 Å². The van der Waals surface area contributed by atoms with Gasteiger partial charge in [-0.1, -0.05) is 24.3 Å². The fraction of sp³-hybridized carbons (Fsp3) is 0.438. The van der Waals surface area contributed by atoms with Crippen LogP contribution in [0.5, 0.6) is 0 Å². The van der Waals surface area contributed by atoms with Crippen molar-refractivity contribution in [3.63, 3.8) is 0 Å². The van der Waals surface area contributed by atoms with Gasteiger partial charge in [-0.3, -0.25) is 0 Å². The van der Waals surface area contributed by atoms with Crippen LogP contribution >= 0.6 is 0 Å². The fourth-order valence-electron chi connectivity index (χ4n) is 3.27. The maximum absolute atomic E-state index is 5.84. The first kappa shape index (κ1) is 12.1. The number of nitrogens with one attached hydrogen (secondary N) is 1. The summed E-state index contributed by atoms with van der Waals surface area (Å²) in [6, 6.07) is 8.74. The van der Waals surface area contributed by atoms with Crippen LogP contribution in [0.2, 0.25) is 0 Å². The van der Waals surface area contributed by atoms with Gasteiger partial charge in [-0.15, -0.1) is 0 Å². The Labute approximate surface area is 118 Å². The van der Waals surface area contributed by atoms with E-state index in [0.29, 0.717) is 5.92 Å². The first-order chi connectivity index (χ1) is 9.92. The number of imidazole rings is 1. The van der Waals surface area contributed by atoms with E-state index in [1.54, 1.807) is 0 Å². The molecule has 2 aromatic rings. The second kappa shape index (κ2) is 5.04. The van der Waals surface area contributed by atoms with Crippen LogP contribution in [0.1, 0.15) is 28.8 Å². The summed E-state index contributed by atoms with van der Waals surface area (Å²) >= 11 is 0. The van der Waals surface area contributed by atoms with Crippen molar-refractivity contribution in [1.29, 1.82) is 0 Å². The van der Waals surface area contributed by atoms with Gasteiger partial charge in [0.15, 0.2) is 0 Å². The Morgan fingerprint density at radius 1 is 1.35 bits per heavy atom. The van der Waals surface area contributed by atoms with Crippen LogP contribution in [0, 0.1) is 0 Å². The van der Waals surface area contributed by atoms with E-state index in [0.717, 1.165) is 26.2 Å². The molecule has 1 saturated heterocycles. The first-order valence-electron chi connectivity index (χ1n) is 7.32. The molecule has 0 amide bonds. The molecule has 2 aliphatic rings. The molecule has 0 saturated carbocycles. The third kappa shape index (κ3) is 2.05. The average molecular weight is 269 g/mol. The summed E-state index contributed by atoms with van der Waals surface area (Å²) in [5.41, 5.74) is 4.19. The summed E-state index contributed by atoms with van der Waals surface area (Å²) in [4.78, 5) is 4.32. The van der Waals surface area contributed by atoms with Gasteiger partial charge in [-0.05, 0) is 17.5 Å². The molecule has 20 heavy (non-hydrogen) atoms. The fourth-order valence-corrected chi connectivity index (χ4v) is 3.27. The lowest BCUT2D eigenvalue weighted by atomic mass is 9.77. The third-order valence-corrected chi connectivity index (χ3v) is 4.38. The highest BCUT2D eigenvalue weighted by atomic mass is 16.5. The number of nitrogens with zero attached hydrogens (tertiary/aromatic N) is 2. The molecule has 1 aromatic heterocycles. The molecule has 1 fully saturated rings. The maximum atomic E-state index is 5.84. The minimum atomic E-state index is 0.140. The summed E-state index contributed by atoms with van der Waals surface area (Å²) in [6.07, 6.45) is 5.20. The predicted molar refractivity (Wildman–Crippen MR) is 76.7 cm³/mol. The molecule has 0 bridgehead atoms. The number of morpholine rings is 1. The molecule has 4 heteroatoms. The Morgan fingerprint density at radius 3 is 3.15 bits per heavy atom. The number of fused-ring (bicyclic) bond motifs is 1. The van der Waals surface area contributed by atoms with Gasteiger partial charge in [0.1, 0.15) is 6.10 Å². The van der Waals surface area contributed by atoms with E-state index in [4.69, 9.17) is 4.74 Å². The van der Waals surface area contributed by atoms with Crippen LogP contribution in [0.15, 0.2) is 36.8 Å². The van der Waals surface area contributed by atoms with E-state index in [1.807, 2.05) is 12.5 Å². The number of benzene rings is 1. The highest BCUT2D eigenvalue weighted by molar-refractivity contribution is 5.39. The number of hydrogen-bond donors (Lipinski definition) is 1. The molecule has 0 spiro atoms. The van der Waals surface area contributed by atoms with E-state index in [2.05, 4.69) is 39.1 Å². The first-order valence-corrected chi connectivity index (χ1v) is 7.32. The van der Waals surface area contributed by atoms with Crippen molar-refractivity contribution >= 4 is 0 Å². The summed E-state index contributed by atoms with van der Waals surface area (Å²) < 4.78 is 8.10. The van der Waals surface area contributed by atoms with Crippen LogP contribution < -0.4 is 5.32 Å². The molecule has 0 radical (unpaired) electrons. The largest absolute Gasteiger partial charge is 0.369 e. The normalized spacial score (nSPS) is 25.0. The highest BCUT2D eigenvalue weighted by Crippen LogP contribution is 2.36. The van der Waals surface area contributed by atoms with Gasteiger partial charge in [-0.25, -0.2) is 4.98 Å². The molecule has 1 N–H and O–H groups in total. The summed E-state index contributed by atoms with van der Waals surface area (Å²) in [7, 11) is 0. The number of aromatic nitrogens is 2. The van der Waals surface area contributed by atoms with Gasteiger partial charge in [0.25, 0.3) is 0 Å². The maximum Gasteiger partial charge on any atom is 0.111 e. The van der Waals surface area contributed by atoms with Gasteiger partial charge in [-0.2, -0.15) is 0 Å². The number of rotatable bonds is 3. The second-order valence-corrected chi connectivity index (χ2v) is 5.63. The summed E-state index contributed by atoms with van der Waals surface area (Å²) in [6.45, 7) is 3.61. The van der Waals surface area contributed by atoms with E-state index in [-0.39, 0.29) is 6.10 Å².